The van der Waals surface area contributed by atoms with Gasteiger partial charge in [0.15, 0.2) is 0 Å². The SMILES string of the molecule is CCCC(=O)C(C)c1ccc(O[C@@H]2CCN(c3ccnc(Oc4ccccc4)c3)C2)cc1. The first-order chi connectivity index (χ1) is 15.6. The van der Waals surface area contributed by atoms with E-state index >= 15 is 0 Å². The van der Waals surface area contributed by atoms with Crippen LogP contribution in [0.3, 0.4) is 0 Å². The summed E-state index contributed by atoms with van der Waals surface area (Å²) in [7, 11) is 0. The topological polar surface area (TPSA) is 51.7 Å². The number of hydrogen-bond donors (Lipinski definition) is 0. The van der Waals surface area contributed by atoms with E-state index in [2.05, 4.69) is 9.88 Å². The maximum absolute atomic E-state index is 12.2. The number of nitrogens with zero attached hydrogens (tertiary/aromatic N) is 2. The molecule has 1 aliphatic heterocycles. The first-order valence-corrected chi connectivity index (χ1v) is 11.4. The molecule has 3 aromatic rings. The van der Waals surface area contributed by atoms with Crippen LogP contribution in [0.25, 0.3) is 0 Å². The fraction of sp³-hybridized carbons (Fsp3) is 0.333. The zero-order valence-corrected chi connectivity index (χ0v) is 18.7. The van der Waals surface area contributed by atoms with E-state index in [0.29, 0.717) is 18.1 Å². The predicted molar refractivity (Wildman–Crippen MR) is 127 cm³/mol. The quantitative estimate of drug-likeness (QED) is 0.416. The van der Waals surface area contributed by atoms with Crippen LogP contribution in [0.2, 0.25) is 0 Å². The smallest absolute Gasteiger partial charge is 0.221 e. The van der Waals surface area contributed by atoms with Crippen molar-refractivity contribution >= 4 is 11.5 Å². The average Bonchev–Trinajstić information content (AvgIpc) is 3.29. The number of aromatic nitrogens is 1. The van der Waals surface area contributed by atoms with Crippen molar-refractivity contribution in [2.24, 2.45) is 0 Å². The first kappa shape index (κ1) is 21.9. The average molecular weight is 431 g/mol. The summed E-state index contributed by atoms with van der Waals surface area (Å²) in [6.45, 7) is 5.74. The number of carbonyl (C=O) groups is 1. The predicted octanol–water partition coefficient (Wildman–Crippen LogP) is 6.00. The molecule has 0 radical (unpaired) electrons. The number of para-hydroxylation sites is 1. The Morgan fingerprint density at radius 1 is 1.09 bits per heavy atom. The van der Waals surface area contributed by atoms with Crippen LogP contribution in [-0.2, 0) is 4.79 Å². The zero-order chi connectivity index (χ0) is 22.3. The van der Waals surface area contributed by atoms with E-state index in [-0.39, 0.29) is 12.0 Å². The number of Topliss-reactive ketones (excluding diaryl/α,β-unsaturated/α-hetero) is 1. The Bertz CT molecular complexity index is 1020. The highest BCUT2D eigenvalue weighted by atomic mass is 16.5. The van der Waals surface area contributed by atoms with Crippen LogP contribution in [0.1, 0.15) is 44.6 Å². The van der Waals surface area contributed by atoms with E-state index in [0.717, 1.165) is 48.7 Å². The fourth-order valence-corrected chi connectivity index (χ4v) is 4.00. The van der Waals surface area contributed by atoms with Crippen molar-refractivity contribution in [3.05, 3.63) is 78.5 Å². The van der Waals surface area contributed by atoms with Crippen LogP contribution in [0.4, 0.5) is 5.69 Å². The van der Waals surface area contributed by atoms with Crippen LogP contribution >= 0.6 is 0 Å². The molecule has 0 spiro atoms. The largest absolute Gasteiger partial charge is 0.489 e. The standard InChI is InChI=1S/C27H30N2O3/c1-3-7-26(30)20(2)21-10-12-24(13-11-21)31-25-15-17-29(19-25)22-14-16-28-27(18-22)32-23-8-5-4-6-9-23/h4-6,8-14,16,18,20,25H,3,7,15,17,19H2,1-2H3/t20?,25-/m1/s1. The molecule has 4 rings (SSSR count). The number of rotatable bonds is 9. The van der Waals surface area contributed by atoms with E-state index in [1.165, 1.54) is 0 Å². The molecule has 5 nitrogen and oxygen atoms in total. The molecule has 1 unspecified atom stereocenters. The monoisotopic (exact) mass is 430 g/mol. The molecule has 0 aliphatic carbocycles. The van der Waals surface area contributed by atoms with Crippen LogP contribution in [0.5, 0.6) is 17.4 Å². The number of ketones is 1. The van der Waals surface area contributed by atoms with Gasteiger partial charge in [0.05, 0.1) is 6.54 Å². The van der Waals surface area contributed by atoms with Crippen LogP contribution in [0, 0.1) is 0 Å². The summed E-state index contributed by atoms with van der Waals surface area (Å²) in [6.07, 6.45) is 4.36. The van der Waals surface area contributed by atoms with Gasteiger partial charge < -0.3 is 14.4 Å². The molecule has 0 bridgehead atoms. The van der Waals surface area contributed by atoms with Gasteiger partial charge in [-0.1, -0.05) is 44.2 Å². The van der Waals surface area contributed by atoms with Gasteiger partial charge in [-0.3, -0.25) is 4.79 Å². The van der Waals surface area contributed by atoms with Gasteiger partial charge in [0, 0.05) is 43.3 Å². The van der Waals surface area contributed by atoms with Gasteiger partial charge in [-0.15, -0.1) is 0 Å². The van der Waals surface area contributed by atoms with Crippen LogP contribution < -0.4 is 14.4 Å². The van der Waals surface area contributed by atoms with Crippen molar-refractivity contribution in [2.45, 2.75) is 45.1 Å². The molecule has 2 atom stereocenters. The van der Waals surface area contributed by atoms with Crippen LogP contribution in [-0.4, -0.2) is 30.0 Å². The van der Waals surface area contributed by atoms with E-state index in [4.69, 9.17) is 9.47 Å². The number of ether oxygens (including phenoxy) is 2. The molecule has 32 heavy (non-hydrogen) atoms. The zero-order valence-electron chi connectivity index (χ0n) is 18.7. The summed E-state index contributed by atoms with van der Waals surface area (Å²) in [5, 5.41) is 0. The Labute approximate surface area is 190 Å². The molecule has 0 amide bonds. The van der Waals surface area contributed by atoms with E-state index in [1.807, 2.05) is 80.6 Å². The molecule has 1 fully saturated rings. The molecule has 0 saturated carbocycles. The maximum atomic E-state index is 12.2. The minimum absolute atomic E-state index is 0.0648. The van der Waals surface area contributed by atoms with Crippen molar-refractivity contribution in [1.82, 2.24) is 4.98 Å². The lowest BCUT2D eigenvalue weighted by Gasteiger charge is -2.20. The van der Waals surface area contributed by atoms with Gasteiger partial charge in [-0.2, -0.15) is 0 Å². The molecule has 2 heterocycles. The Morgan fingerprint density at radius 3 is 2.62 bits per heavy atom. The summed E-state index contributed by atoms with van der Waals surface area (Å²) in [5.41, 5.74) is 2.13. The minimum Gasteiger partial charge on any atom is -0.489 e. The molecule has 1 aliphatic rings. The lowest BCUT2D eigenvalue weighted by Crippen LogP contribution is -2.24. The summed E-state index contributed by atoms with van der Waals surface area (Å²) >= 11 is 0. The summed E-state index contributed by atoms with van der Waals surface area (Å²) in [6, 6.07) is 21.6. The second kappa shape index (κ2) is 10.3. The van der Waals surface area contributed by atoms with E-state index in [1.54, 1.807) is 6.20 Å². The molecule has 1 saturated heterocycles. The Morgan fingerprint density at radius 2 is 1.88 bits per heavy atom. The van der Waals surface area contributed by atoms with Crippen molar-refractivity contribution in [3.63, 3.8) is 0 Å². The van der Waals surface area contributed by atoms with Gasteiger partial charge in [0.25, 0.3) is 0 Å². The third-order valence-corrected chi connectivity index (χ3v) is 5.86. The normalized spacial score (nSPS) is 16.6. The third kappa shape index (κ3) is 5.47. The van der Waals surface area contributed by atoms with Gasteiger partial charge in [0.2, 0.25) is 5.88 Å². The molecule has 166 valence electrons. The molecular weight excluding hydrogens is 400 g/mol. The number of anilines is 1. The lowest BCUT2D eigenvalue weighted by atomic mass is 9.94. The number of hydrogen-bond acceptors (Lipinski definition) is 5. The fourth-order valence-electron chi connectivity index (χ4n) is 4.00. The number of benzene rings is 2. The van der Waals surface area contributed by atoms with Crippen LogP contribution in [0.15, 0.2) is 72.9 Å². The minimum atomic E-state index is -0.0648. The van der Waals surface area contributed by atoms with Gasteiger partial charge >= 0.3 is 0 Å². The Balaban J connectivity index is 1.34. The molecular formula is C27H30N2O3. The summed E-state index contributed by atoms with van der Waals surface area (Å²) < 4.78 is 12.1. The highest BCUT2D eigenvalue weighted by Gasteiger charge is 2.25. The van der Waals surface area contributed by atoms with Crippen molar-refractivity contribution in [1.29, 1.82) is 0 Å². The molecule has 5 heteroatoms. The molecule has 2 aromatic carbocycles. The van der Waals surface area contributed by atoms with Crippen molar-refractivity contribution in [2.75, 3.05) is 18.0 Å². The van der Waals surface area contributed by atoms with Crippen molar-refractivity contribution < 1.29 is 14.3 Å². The van der Waals surface area contributed by atoms with Crippen molar-refractivity contribution in [3.8, 4) is 17.4 Å². The second-order valence-corrected chi connectivity index (χ2v) is 8.25. The van der Waals surface area contributed by atoms with Gasteiger partial charge in [0.1, 0.15) is 23.4 Å². The number of carbonyl (C=O) groups excluding carboxylic acids is 1. The van der Waals surface area contributed by atoms with E-state index in [9.17, 15) is 4.79 Å². The lowest BCUT2D eigenvalue weighted by molar-refractivity contribution is -0.120. The second-order valence-electron chi connectivity index (χ2n) is 8.25. The summed E-state index contributed by atoms with van der Waals surface area (Å²) in [5.74, 6) is 2.43. The first-order valence-electron chi connectivity index (χ1n) is 11.4. The Kier molecular flexibility index (Phi) is 7.05. The number of pyridine rings is 1. The molecule has 1 aromatic heterocycles. The third-order valence-electron chi connectivity index (χ3n) is 5.86. The van der Waals surface area contributed by atoms with E-state index < -0.39 is 0 Å². The highest BCUT2D eigenvalue weighted by molar-refractivity contribution is 5.85. The Hall–Kier alpha value is -3.34. The highest BCUT2D eigenvalue weighted by Crippen LogP contribution is 2.28. The van der Waals surface area contributed by atoms with Gasteiger partial charge in [-0.25, -0.2) is 4.98 Å². The maximum Gasteiger partial charge on any atom is 0.221 e. The summed E-state index contributed by atoms with van der Waals surface area (Å²) in [4.78, 5) is 18.8. The molecule has 0 N–H and O–H groups in total. The van der Waals surface area contributed by atoms with Gasteiger partial charge in [-0.05, 0) is 42.3 Å².